The third-order valence-corrected chi connectivity index (χ3v) is 5.60. The Labute approximate surface area is 160 Å². The number of halogens is 1. The summed E-state index contributed by atoms with van der Waals surface area (Å²) in [5.74, 6) is -1.33. The van der Waals surface area contributed by atoms with Crippen molar-refractivity contribution in [3.8, 4) is 0 Å². The van der Waals surface area contributed by atoms with Crippen molar-refractivity contribution in [1.82, 2.24) is 0 Å². The molecule has 26 heavy (non-hydrogen) atoms. The molecule has 138 valence electrons. The van der Waals surface area contributed by atoms with Crippen LogP contribution in [0.5, 0.6) is 0 Å². The van der Waals surface area contributed by atoms with Gasteiger partial charge < -0.3 is 10.1 Å². The van der Waals surface area contributed by atoms with Gasteiger partial charge in [0, 0.05) is 16.8 Å². The average Bonchev–Trinajstić information content (AvgIpc) is 2.59. The Kier molecular flexibility index (Phi) is 6.69. The molecule has 9 heteroatoms. The summed E-state index contributed by atoms with van der Waals surface area (Å²) in [7, 11) is -3.59. The van der Waals surface area contributed by atoms with Crippen LogP contribution >= 0.6 is 23.4 Å². The van der Waals surface area contributed by atoms with Gasteiger partial charge in [-0.2, -0.15) is 0 Å². The van der Waals surface area contributed by atoms with Gasteiger partial charge in [-0.1, -0.05) is 11.6 Å². The molecule has 0 heterocycles. The quantitative estimate of drug-likeness (QED) is 0.577. The largest absolute Gasteiger partial charge is 0.452 e. The minimum atomic E-state index is -3.59. The summed E-state index contributed by atoms with van der Waals surface area (Å²) < 4.78 is 28.2. The molecule has 0 unspecified atom stereocenters. The molecule has 0 aliphatic rings. The second-order valence-electron chi connectivity index (χ2n) is 5.27. The van der Waals surface area contributed by atoms with Crippen LogP contribution in [0.25, 0.3) is 0 Å². The maximum atomic E-state index is 12.0. The van der Waals surface area contributed by atoms with E-state index >= 15 is 0 Å². The van der Waals surface area contributed by atoms with Crippen molar-refractivity contribution in [3.05, 3.63) is 53.1 Å². The molecular weight excluding hydrogens is 398 g/mol. The fraction of sp³-hybridized carbons (Fsp3) is 0.176. The Morgan fingerprint density at radius 1 is 1.15 bits per heavy atom. The number of amides is 1. The van der Waals surface area contributed by atoms with E-state index in [0.717, 1.165) is 17.2 Å². The lowest BCUT2D eigenvalue weighted by molar-refractivity contribution is -0.119. The summed E-state index contributed by atoms with van der Waals surface area (Å²) in [5.41, 5.74) is 0.571. The SMILES string of the molecule is CSc1ccc(NC(=O)COC(=O)c2ccc(Cl)c(S(C)(=O)=O)c2)cc1. The minimum Gasteiger partial charge on any atom is -0.452 e. The number of carbonyl (C=O) groups is 2. The summed E-state index contributed by atoms with van der Waals surface area (Å²) in [6.07, 6.45) is 2.93. The molecule has 0 aromatic heterocycles. The average molecular weight is 414 g/mol. The molecule has 2 rings (SSSR count). The zero-order chi connectivity index (χ0) is 19.3. The van der Waals surface area contributed by atoms with Gasteiger partial charge in [-0.15, -0.1) is 11.8 Å². The van der Waals surface area contributed by atoms with Crippen LogP contribution in [0.3, 0.4) is 0 Å². The number of hydrogen-bond acceptors (Lipinski definition) is 6. The highest BCUT2D eigenvalue weighted by molar-refractivity contribution is 7.98. The van der Waals surface area contributed by atoms with E-state index in [0.29, 0.717) is 5.69 Å². The molecule has 1 N–H and O–H groups in total. The van der Waals surface area contributed by atoms with E-state index in [-0.39, 0.29) is 15.5 Å². The lowest BCUT2D eigenvalue weighted by Gasteiger charge is -2.08. The molecule has 0 aliphatic heterocycles. The summed E-state index contributed by atoms with van der Waals surface area (Å²) >= 11 is 7.41. The van der Waals surface area contributed by atoms with Gasteiger partial charge in [0.05, 0.1) is 15.5 Å². The molecule has 0 radical (unpaired) electrons. The Morgan fingerprint density at radius 2 is 1.81 bits per heavy atom. The summed E-state index contributed by atoms with van der Waals surface area (Å²) in [5, 5.41) is 2.61. The molecule has 1 amide bonds. The van der Waals surface area contributed by atoms with E-state index in [2.05, 4.69) is 5.32 Å². The van der Waals surface area contributed by atoms with Crippen molar-refractivity contribution in [2.75, 3.05) is 24.4 Å². The Hall–Kier alpha value is -2.03. The Balaban J connectivity index is 1.98. The highest BCUT2D eigenvalue weighted by Crippen LogP contribution is 2.23. The maximum Gasteiger partial charge on any atom is 0.338 e. The Bertz CT molecular complexity index is 927. The number of rotatable bonds is 6. The Morgan fingerprint density at radius 3 is 2.38 bits per heavy atom. The smallest absolute Gasteiger partial charge is 0.338 e. The van der Waals surface area contributed by atoms with Gasteiger partial charge >= 0.3 is 5.97 Å². The van der Waals surface area contributed by atoms with Gasteiger partial charge in [0.25, 0.3) is 5.91 Å². The first-order valence-electron chi connectivity index (χ1n) is 7.31. The number of ether oxygens (including phenoxy) is 1. The predicted octanol–water partition coefficient (Wildman–Crippen LogP) is 3.26. The van der Waals surface area contributed by atoms with Gasteiger partial charge in [0.2, 0.25) is 0 Å². The standard InChI is InChI=1S/C17H16ClNO5S2/c1-25-13-6-4-12(5-7-13)19-16(20)10-24-17(21)11-3-8-14(18)15(9-11)26(2,22)23/h3-9H,10H2,1-2H3,(H,19,20). The third kappa shape index (κ3) is 5.48. The number of nitrogens with one attached hydrogen (secondary N) is 1. The van der Waals surface area contributed by atoms with Crippen LogP contribution in [0.4, 0.5) is 5.69 Å². The van der Waals surface area contributed by atoms with Crippen LogP contribution in [-0.4, -0.2) is 39.4 Å². The number of esters is 1. The highest BCUT2D eigenvalue weighted by Gasteiger charge is 2.17. The van der Waals surface area contributed by atoms with E-state index in [1.54, 1.807) is 23.9 Å². The molecule has 0 bridgehead atoms. The highest BCUT2D eigenvalue weighted by atomic mass is 35.5. The third-order valence-electron chi connectivity index (χ3n) is 3.27. The molecule has 0 saturated heterocycles. The fourth-order valence-electron chi connectivity index (χ4n) is 2.00. The molecule has 2 aromatic rings. The molecule has 0 fully saturated rings. The van der Waals surface area contributed by atoms with Gasteiger partial charge in [0.15, 0.2) is 16.4 Å². The van der Waals surface area contributed by atoms with Gasteiger partial charge in [-0.25, -0.2) is 13.2 Å². The van der Waals surface area contributed by atoms with Crippen molar-refractivity contribution in [2.24, 2.45) is 0 Å². The number of sulfone groups is 1. The van der Waals surface area contributed by atoms with E-state index in [1.165, 1.54) is 12.1 Å². The van der Waals surface area contributed by atoms with Crippen LogP contribution in [0.1, 0.15) is 10.4 Å². The van der Waals surface area contributed by atoms with Crippen molar-refractivity contribution in [1.29, 1.82) is 0 Å². The molecule has 0 spiro atoms. The number of hydrogen-bond donors (Lipinski definition) is 1. The van der Waals surface area contributed by atoms with E-state index < -0.39 is 28.3 Å². The molecule has 0 aliphatic carbocycles. The van der Waals surface area contributed by atoms with Crippen molar-refractivity contribution < 1.29 is 22.7 Å². The number of anilines is 1. The van der Waals surface area contributed by atoms with E-state index in [1.807, 2.05) is 18.4 Å². The normalized spacial score (nSPS) is 11.0. The van der Waals surface area contributed by atoms with Gasteiger partial charge in [-0.3, -0.25) is 4.79 Å². The second kappa shape index (κ2) is 8.57. The van der Waals surface area contributed by atoms with Crippen molar-refractivity contribution >= 4 is 50.8 Å². The van der Waals surface area contributed by atoms with Crippen molar-refractivity contribution in [2.45, 2.75) is 9.79 Å². The van der Waals surface area contributed by atoms with Crippen LogP contribution < -0.4 is 5.32 Å². The minimum absolute atomic E-state index is 0.00746. The molecule has 6 nitrogen and oxygen atoms in total. The first kappa shape index (κ1) is 20.3. The van der Waals surface area contributed by atoms with Crippen LogP contribution in [0.2, 0.25) is 5.02 Å². The first-order chi connectivity index (χ1) is 12.2. The zero-order valence-electron chi connectivity index (χ0n) is 14.0. The van der Waals surface area contributed by atoms with Crippen LogP contribution in [-0.2, 0) is 19.4 Å². The van der Waals surface area contributed by atoms with Crippen LogP contribution in [0, 0.1) is 0 Å². The molecule has 0 saturated carbocycles. The predicted molar refractivity (Wildman–Crippen MR) is 102 cm³/mol. The number of carbonyl (C=O) groups excluding carboxylic acids is 2. The number of benzene rings is 2. The van der Waals surface area contributed by atoms with Crippen molar-refractivity contribution in [3.63, 3.8) is 0 Å². The summed E-state index contributed by atoms with van der Waals surface area (Å²) in [6.45, 7) is -0.500. The second-order valence-corrected chi connectivity index (χ2v) is 8.54. The lowest BCUT2D eigenvalue weighted by atomic mass is 10.2. The first-order valence-corrected chi connectivity index (χ1v) is 10.8. The topological polar surface area (TPSA) is 89.5 Å². The fourth-order valence-corrected chi connectivity index (χ4v) is 3.71. The molecule has 2 aromatic carbocycles. The van der Waals surface area contributed by atoms with E-state index in [4.69, 9.17) is 16.3 Å². The zero-order valence-corrected chi connectivity index (χ0v) is 16.4. The van der Waals surface area contributed by atoms with Crippen LogP contribution in [0.15, 0.2) is 52.3 Å². The number of thioether (sulfide) groups is 1. The lowest BCUT2D eigenvalue weighted by Crippen LogP contribution is -2.21. The van der Waals surface area contributed by atoms with E-state index in [9.17, 15) is 18.0 Å². The van der Waals surface area contributed by atoms with Gasteiger partial charge in [-0.05, 0) is 48.7 Å². The molecule has 0 atom stereocenters. The molecular formula is C17H16ClNO5S2. The maximum absolute atomic E-state index is 12.0. The van der Waals surface area contributed by atoms with Gasteiger partial charge in [0.1, 0.15) is 0 Å². The summed E-state index contributed by atoms with van der Waals surface area (Å²) in [6, 6.07) is 10.9. The monoisotopic (exact) mass is 413 g/mol. The summed E-state index contributed by atoms with van der Waals surface area (Å²) in [4.78, 5) is 24.8.